The first kappa shape index (κ1) is 20.2. The highest BCUT2D eigenvalue weighted by Crippen LogP contribution is 2.13. The largest absolute Gasteiger partial charge is 0.497 e. The molecule has 0 heterocycles. The van der Waals surface area contributed by atoms with Gasteiger partial charge in [0.2, 0.25) is 5.91 Å². The summed E-state index contributed by atoms with van der Waals surface area (Å²) in [6, 6.07) is 13.9. The maximum atomic E-state index is 12.0. The highest BCUT2D eigenvalue weighted by molar-refractivity contribution is 6.02. The third-order valence-electron chi connectivity index (χ3n) is 3.60. The van der Waals surface area contributed by atoms with Crippen LogP contribution in [0.25, 0.3) is 6.08 Å². The Morgan fingerprint density at radius 2 is 1.70 bits per heavy atom. The molecule has 0 aromatic heterocycles. The van der Waals surface area contributed by atoms with E-state index in [1.807, 2.05) is 31.2 Å². The van der Waals surface area contributed by atoms with Crippen molar-refractivity contribution < 1.29 is 23.8 Å². The molecule has 1 N–H and O–H groups in total. The van der Waals surface area contributed by atoms with Gasteiger partial charge in [-0.25, -0.2) is 4.79 Å². The first-order valence-corrected chi connectivity index (χ1v) is 8.60. The van der Waals surface area contributed by atoms with Crippen LogP contribution in [0.5, 0.6) is 5.75 Å². The first-order chi connectivity index (χ1) is 13.1. The fourth-order valence-electron chi connectivity index (χ4n) is 2.18. The van der Waals surface area contributed by atoms with E-state index in [1.54, 1.807) is 37.5 Å². The molecular weight excluding hydrogens is 346 g/mol. The predicted octanol–water partition coefficient (Wildman–Crippen LogP) is 3.54. The summed E-state index contributed by atoms with van der Waals surface area (Å²) < 4.78 is 15.3. The van der Waals surface area contributed by atoms with Crippen LogP contribution in [0.3, 0.4) is 0 Å². The van der Waals surface area contributed by atoms with Crippen LogP contribution < -0.4 is 10.1 Å². The molecule has 0 fully saturated rings. The number of rotatable bonds is 9. The van der Waals surface area contributed by atoms with Crippen molar-refractivity contribution in [3.63, 3.8) is 0 Å². The Morgan fingerprint density at radius 1 is 1.00 bits per heavy atom. The summed E-state index contributed by atoms with van der Waals surface area (Å²) in [6.45, 7) is 3.04. The average molecular weight is 369 g/mol. The molecule has 0 bridgehead atoms. The molecule has 0 saturated carbocycles. The van der Waals surface area contributed by atoms with Crippen LogP contribution in [0.1, 0.15) is 22.8 Å². The van der Waals surface area contributed by atoms with Crippen molar-refractivity contribution in [1.29, 1.82) is 0 Å². The summed E-state index contributed by atoms with van der Waals surface area (Å²) in [5.74, 6) is 0.0675. The van der Waals surface area contributed by atoms with E-state index in [-0.39, 0.29) is 12.5 Å². The second-order valence-electron chi connectivity index (χ2n) is 5.51. The van der Waals surface area contributed by atoms with Crippen molar-refractivity contribution in [3.8, 4) is 5.75 Å². The molecule has 0 aliphatic rings. The van der Waals surface area contributed by atoms with Gasteiger partial charge in [0.25, 0.3) is 0 Å². The molecule has 2 aromatic carbocycles. The Labute approximate surface area is 158 Å². The number of esters is 1. The summed E-state index contributed by atoms with van der Waals surface area (Å²) in [5.41, 5.74) is 1.89. The molecule has 0 saturated heterocycles. The molecular formula is C21H23NO5. The predicted molar refractivity (Wildman–Crippen MR) is 104 cm³/mol. The second-order valence-corrected chi connectivity index (χ2v) is 5.51. The number of ether oxygens (including phenoxy) is 3. The smallest absolute Gasteiger partial charge is 0.338 e. The van der Waals surface area contributed by atoms with Crippen LogP contribution >= 0.6 is 0 Å². The summed E-state index contributed by atoms with van der Waals surface area (Å²) in [5, 5.41) is 2.74. The normalized spacial score (nSPS) is 10.6. The topological polar surface area (TPSA) is 73.9 Å². The Bertz CT molecular complexity index is 766. The van der Waals surface area contributed by atoms with E-state index in [1.165, 1.54) is 6.08 Å². The SMILES string of the molecule is CCOCCOC(=O)c1ccc(NC(=O)/C=C/c2ccc(OC)cc2)cc1. The number of hydrogen-bond acceptors (Lipinski definition) is 5. The highest BCUT2D eigenvalue weighted by Gasteiger charge is 2.07. The third kappa shape index (κ3) is 6.95. The Balaban J connectivity index is 1.84. The van der Waals surface area contributed by atoms with E-state index in [0.717, 1.165) is 11.3 Å². The van der Waals surface area contributed by atoms with Crippen molar-refractivity contribution in [2.45, 2.75) is 6.92 Å². The lowest BCUT2D eigenvalue weighted by Gasteiger charge is -2.06. The van der Waals surface area contributed by atoms with Crippen molar-refractivity contribution in [2.24, 2.45) is 0 Å². The van der Waals surface area contributed by atoms with Crippen molar-refractivity contribution in [3.05, 3.63) is 65.7 Å². The molecule has 0 spiro atoms. The van der Waals surface area contributed by atoms with Crippen LogP contribution in [0.2, 0.25) is 0 Å². The molecule has 0 radical (unpaired) electrons. The number of nitrogens with one attached hydrogen (secondary N) is 1. The minimum absolute atomic E-state index is 0.210. The van der Waals surface area contributed by atoms with Gasteiger partial charge in [-0.15, -0.1) is 0 Å². The van der Waals surface area contributed by atoms with Crippen LogP contribution in [-0.2, 0) is 14.3 Å². The molecule has 27 heavy (non-hydrogen) atoms. The van der Waals surface area contributed by atoms with E-state index < -0.39 is 5.97 Å². The second kappa shape index (κ2) is 10.8. The molecule has 2 rings (SSSR count). The van der Waals surface area contributed by atoms with Crippen molar-refractivity contribution >= 4 is 23.6 Å². The number of carbonyl (C=O) groups excluding carboxylic acids is 2. The zero-order valence-corrected chi connectivity index (χ0v) is 15.4. The van der Waals surface area contributed by atoms with Crippen molar-refractivity contribution in [2.75, 3.05) is 32.2 Å². The van der Waals surface area contributed by atoms with E-state index in [2.05, 4.69) is 5.32 Å². The van der Waals surface area contributed by atoms with Crippen LogP contribution in [0.4, 0.5) is 5.69 Å². The molecule has 2 aromatic rings. The number of carbonyl (C=O) groups is 2. The van der Waals surface area contributed by atoms with Gasteiger partial charge in [0.15, 0.2) is 0 Å². The lowest BCUT2D eigenvalue weighted by molar-refractivity contribution is -0.111. The quantitative estimate of drug-likeness (QED) is 0.416. The molecule has 0 aliphatic carbocycles. The maximum Gasteiger partial charge on any atom is 0.338 e. The average Bonchev–Trinajstić information content (AvgIpc) is 2.70. The monoisotopic (exact) mass is 369 g/mol. The van der Waals surface area contributed by atoms with E-state index in [0.29, 0.717) is 24.5 Å². The van der Waals surface area contributed by atoms with Crippen LogP contribution in [-0.4, -0.2) is 38.8 Å². The molecule has 6 heteroatoms. The van der Waals surface area contributed by atoms with Gasteiger partial charge < -0.3 is 19.5 Å². The van der Waals surface area contributed by atoms with Crippen LogP contribution in [0.15, 0.2) is 54.6 Å². The van der Waals surface area contributed by atoms with E-state index >= 15 is 0 Å². The first-order valence-electron chi connectivity index (χ1n) is 8.60. The van der Waals surface area contributed by atoms with Crippen molar-refractivity contribution in [1.82, 2.24) is 0 Å². The number of amides is 1. The standard InChI is InChI=1S/C21H23NO5/c1-3-26-14-15-27-21(24)17-7-9-18(10-8-17)22-20(23)13-6-16-4-11-19(25-2)12-5-16/h4-13H,3,14-15H2,1-2H3,(H,22,23)/b13-6+. The summed E-state index contributed by atoms with van der Waals surface area (Å²) in [7, 11) is 1.60. The van der Waals surface area contributed by atoms with Gasteiger partial charge in [-0.05, 0) is 55.0 Å². The number of anilines is 1. The molecule has 0 unspecified atom stereocenters. The van der Waals surface area contributed by atoms with Gasteiger partial charge in [-0.2, -0.15) is 0 Å². The summed E-state index contributed by atoms with van der Waals surface area (Å²) >= 11 is 0. The van der Waals surface area contributed by atoms with Gasteiger partial charge in [-0.1, -0.05) is 12.1 Å². The zero-order chi connectivity index (χ0) is 19.5. The van der Waals surface area contributed by atoms with Gasteiger partial charge in [0, 0.05) is 18.4 Å². The minimum atomic E-state index is -0.424. The molecule has 6 nitrogen and oxygen atoms in total. The van der Waals surface area contributed by atoms with Gasteiger partial charge >= 0.3 is 5.97 Å². The number of hydrogen-bond donors (Lipinski definition) is 1. The summed E-state index contributed by atoms with van der Waals surface area (Å²) in [4.78, 5) is 23.9. The molecule has 1 amide bonds. The maximum absolute atomic E-state index is 12.0. The molecule has 0 aliphatic heterocycles. The minimum Gasteiger partial charge on any atom is -0.497 e. The van der Waals surface area contributed by atoms with Crippen LogP contribution in [0, 0.1) is 0 Å². The fraction of sp³-hybridized carbons (Fsp3) is 0.238. The molecule has 0 atom stereocenters. The highest BCUT2D eigenvalue weighted by atomic mass is 16.6. The van der Waals surface area contributed by atoms with E-state index in [9.17, 15) is 9.59 Å². The van der Waals surface area contributed by atoms with Gasteiger partial charge in [-0.3, -0.25) is 4.79 Å². The third-order valence-corrected chi connectivity index (χ3v) is 3.60. The molecule has 142 valence electrons. The Kier molecular flexibility index (Phi) is 8.06. The lowest BCUT2D eigenvalue weighted by atomic mass is 10.2. The van der Waals surface area contributed by atoms with E-state index in [4.69, 9.17) is 14.2 Å². The Hall–Kier alpha value is -3.12. The number of methoxy groups -OCH3 is 1. The summed E-state index contributed by atoms with van der Waals surface area (Å²) in [6.07, 6.45) is 3.15. The fourth-order valence-corrected chi connectivity index (χ4v) is 2.18. The Morgan fingerprint density at radius 3 is 2.33 bits per heavy atom. The lowest BCUT2D eigenvalue weighted by Crippen LogP contribution is -2.11. The zero-order valence-electron chi connectivity index (χ0n) is 15.4. The van der Waals surface area contributed by atoms with Gasteiger partial charge in [0.05, 0.1) is 19.3 Å². The van der Waals surface area contributed by atoms with Gasteiger partial charge in [0.1, 0.15) is 12.4 Å². The number of benzene rings is 2.